The van der Waals surface area contributed by atoms with E-state index in [-0.39, 0.29) is 6.61 Å². The molecule has 0 spiro atoms. The average molecular weight is 460 g/mol. The highest BCUT2D eigenvalue weighted by molar-refractivity contribution is 5.62. The van der Waals surface area contributed by atoms with Gasteiger partial charge >= 0.3 is 0 Å². The summed E-state index contributed by atoms with van der Waals surface area (Å²) in [4.78, 5) is 15.2. The van der Waals surface area contributed by atoms with Gasteiger partial charge in [0, 0.05) is 42.1 Å². The van der Waals surface area contributed by atoms with Crippen molar-refractivity contribution in [1.82, 2.24) is 24.4 Å². The van der Waals surface area contributed by atoms with Gasteiger partial charge in [-0.15, -0.1) is 0 Å². The van der Waals surface area contributed by atoms with Gasteiger partial charge in [0.25, 0.3) is 0 Å². The molecule has 0 aliphatic rings. The van der Waals surface area contributed by atoms with Crippen LogP contribution in [-0.4, -0.2) is 62.9 Å². The molecule has 4 rings (SSSR count). The number of rotatable bonds is 11. The number of ether oxygens (including phenoxy) is 1. The summed E-state index contributed by atoms with van der Waals surface area (Å²) in [5, 5.41) is 16.6. The number of likely N-dealkylation sites (N-methyl/N-ethyl adjacent to an activating group) is 1. The fraction of sp³-hybridized carbons (Fsp3) is 0.240. The van der Waals surface area contributed by atoms with Crippen molar-refractivity contribution >= 4 is 23.1 Å². The predicted molar refractivity (Wildman–Crippen MR) is 133 cm³/mol. The zero-order valence-electron chi connectivity index (χ0n) is 19.3. The van der Waals surface area contributed by atoms with E-state index in [0.29, 0.717) is 30.6 Å². The van der Waals surface area contributed by atoms with Gasteiger partial charge in [-0.2, -0.15) is 4.98 Å². The predicted octanol–water partition coefficient (Wildman–Crippen LogP) is 3.51. The number of anilines is 4. The van der Waals surface area contributed by atoms with Crippen molar-refractivity contribution in [1.29, 1.82) is 0 Å². The lowest BCUT2D eigenvalue weighted by Gasteiger charge is -2.16. The third-order valence-electron chi connectivity index (χ3n) is 4.94. The van der Waals surface area contributed by atoms with Gasteiger partial charge < -0.3 is 29.9 Å². The number of hydrogen-bond acceptors (Lipinski definition) is 8. The third-order valence-corrected chi connectivity index (χ3v) is 4.94. The number of nitrogens with one attached hydrogen (secondary N) is 2. The summed E-state index contributed by atoms with van der Waals surface area (Å²) in [5.41, 5.74) is 2.71. The zero-order chi connectivity index (χ0) is 23.8. The molecule has 0 aliphatic heterocycles. The van der Waals surface area contributed by atoms with Crippen molar-refractivity contribution in [2.45, 2.75) is 12.6 Å². The number of benzene rings is 2. The highest BCUT2D eigenvalue weighted by atomic mass is 16.5. The number of aliphatic hydroxyl groups excluding tert-OH is 1. The monoisotopic (exact) mass is 459 g/mol. The van der Waals surface area contributed by atoms with E-state index in [2.05, 4.69) is 20.6 Å². The highest BCUT2D eigenvalue weighted by Crippen LogP contribution is 2.23. The standard InChI is InChI=1S/C25H29N7O2/c1-31(2)16-22(33)17-34-23-10-8-21(9-11-23)29-25-27-14-19(15-32-13-12-26-18-32)24(30-25)28-20-6-4-3-5-7-20/h3-14,18,22,33H,15-17H2,1-2H3,(H2,27,28,29,30). The molecule has 3 N–H and O–H groups in total. The number of nitrogens with zero attached hydrogens (tertiary/aromatic N) is 5. The second-order valence-electron chi connectivity index (χ2n) is 8.17. The van der Waals surface area contributed by atoms with Gasteiger partial charge in [-0.1, -0.05) is 18.2 Å². The maximum Gasteiger partial charge on any atom is 0.229 e. The normalized spacial score (nSPS) is 11.9. The van der Waals surface area contributed by atoms with Crippen LogP contribution in [0.25, 0.3) is 0 Å². The molecule has 4 aromatic rings. The van der Waals surface area contributed by atoms with E-state index in [1.54, 1.807) is 12.5 Å². The van der Waals surface area contributed by atoms with E-state index in [0.717, 1.165) is 16.9 Å². The minimum absolute atomic E-state index is 0.237. The van der Waals surface area contributed by atoms with Gasteiger partial charge in [-0.25, -0.2) is 9.97 Å². The maximum atomic E-state index is 9.96. The molecule has 2 heterocycles. The van der Waals surface area contributed by atoms with Gasteiger partial charge in [0.05, 0.1) is 12.9 Å². The second-order valence-corrected chi connectivity index (χ2v) is 8.17. The Labute approximate surface area is 199 Å². The van der Waals surface area contributed by atoms with Crippen LogP contribution < -0.4 is 15.4 Å². The van der Waals surface area contributed by atoms with Crippen LogP contribution in [0, 0.1) is 0 Å². The Hall–Kier alpha value is -3.95. The van der Waals surface area contributed by atoms with E-state index in [1.165, 1.54) is 0 Å². The van der Waals surface area contributed by atoms with E-state index in [4.69, 9.17) is 9.72 Å². The molecule has 0 amide bonds. The maximum absolute atomic E-state index is 9.96. The first-order valence-corrected chi connectivity index (χ1v) is 11.0. The fourth-order valence-electron chi connectivity index (χ4n) is 3.36. The lowest BCUT2D eigenvalue weighted by Crippen LogP contribution is -2.30. The van der Waals surface area contributed by atoms with Crippen molar-refractivity contribution in [2.24, 2.45) is 0 Å². The third kappa shape index (κ3) is 6.77. The molecule has 0 fully saturated rings. The lowest BCUT2D eigenvalue weighted by atomic mass is 10.2. The molecule has 1 atom stereocenters. The molecule has 1 unspecified atom stereocenters. The van der Waals surface area contributed by atoms with Gasteiger partial charge in [0.15, 0.2) is 0 Å². The Bertz CT molecular complexity index is 1150. The van der Waals surface area contributed by atoms with E-state index >= 15 is 0 Å². The summed E-state index contributed by atoms with van der Waals surface area (Å²) in [5.74, 6) is 1.88. The Kier molecular flexibility index (Phi) is 7.69. The molecule has 0 aliphatic carbocycles. The van der Waals surface area contributed by atoms with Crippen molar-refractivity contribution in [3.8, 4) is 5.75 Å². The van der Waals surface area contributed by atoms with Crippen molar-refractivity contribution in [3.63, 3.8) is 0 Å². The number of hydrogen-bond donors (Lipinski definition) is 3. The minimum atomic E-state index is -0.544. The van der Waals surface area contributed by atoms with Crippen LogP contribution >= 0.6 is 0 Å². The Morgan fingerprint density at radius 1 is 1.03 bits per heavy atom. The molecule has 2 aromatic carbocycles. The smallest absolute Gasteiger partial charge is 0.229 e. The Morgan fingerprint density at radius 3 is 2.50 bits per heavy atom. The van der Waals surface area contributed by atoms with Crippen molar-refractivity contribution in [2.75, 3.05) is 37.9 Å². The van der Waals surface area contributed by atoms with Gasteiger partial charge in [-0.05, 0) is 50.5 Å². The van der Waals surface area contributed by atoms with Crippen LogP contribution in [0.4, 0.5) is 23.1 Å². The lowest BCUT2D eigenvalue weighted by molar-refractivity contribution is 0.0831. The molecule has 34 heavy (non-hydrogen) atoms. The van der Waals surface area contributed by atoms with Crippen LogP contribution in [0.1, 0.15) is 5.56 Å². The molecule has 0 saturated heterocycles. The zero-order valence-corrected chi connectivity index (χ0v) is 19.3. The van der Waals surface area contributed by atoms with E-state index < -0.39 is 6.10 Å². The van der Waals surface area contributed by atoms with E-state index in [9.17, 15) is 5.11 Å². The summed E-state index contributed by atoms with van der Waals surface area (Å²) < 4.78 is 7.64. The summed E-state index contributed by atoms with van der Waals surface area (Å²) in [6, 6.07) is 17.4. The summed E-state index contributed by atoms with van der Waals surface area (Å²) in [6.07, 6.45) is 6.68. The Morgan fingerprint density at radius 2 is 1.79 bits per heavy atom. The largest absolute Gasteiger partial charge is 0.491 e. The molecular weight excluding hydrogens is 430 g/mol. The quantitative estimate of drug-likeness (QED) is 0.313. The van der Waals surface area contributed by atoms with Gasteiger partial charge in [0.2, 0.25) is 5.95 Å². The van der Waals surface area contributed by atoms with Crippen LogP contribution in [0.2, 0.25) is 0 Å². The molecule has 0 saturated carbocycles. The van der Waals surface area contributed by atoms with Crippen molar-refractivity contribution < 1.29 is 9.84 Å². The summed E-state index contributed by atoms with van der Waals surface area (Å²) in [6.45, 7) is 1.38. The number of aromatic nitrogens is 4. The first-order chi connectivity index (χ1) is 16.5. The molecule has 2 aromatic heterocycles. The first kappa shape index (κ1) is 23.2. The molecule has 176 valence electrons. The average Bonchev–Trinajstić information content (AvgIpc) is 3.34. The van der Waals surface area contributed by atoms with Crippen LogP contribution in [0.5, 0.6) is 5.75 Å². The van der Waals surface area contributed by atoms with Crippen LogP contribution in [0.15, 0.2) is 79.5 Å². The van der Waals surface area contributed by atoms with Crippen molar-refractivity contribution in [3.05, 3.63) is 85.1 Å². The minimum Gasteiger partial charge on any atom is -0.491 e. The molecule has 0 bridgehead atoms. The topological polar surface area (TPSA) is 100 Å². The molecule has 9 nitrogen and oxygen atoms in total. The molecular formula is C25H29N7O2. The van der Waals surface area contributed by atoms with Crippen LogP contribution in [0.3, 0.4) is 0 Å². The SMILES string of the molecule is CN(C)CC(O)COc1ccc(Nc2ncc(Cn3ccnc3)c(Nc3ccccc3)n2)cc1. The first-order valence-electron chi connectivity index (χ1n) is 11.0. The second kappa shape index (κ2) is 11.3. The van der Waals surface area contributed by atoms with Gasteiger partial charge in [0.1, 0.15) is 24.3 Å². The fourth-order valence-corrected chi connectivity index (χ4v) is 3.36. The summed E-state index contributed by atoms with van der Waals surface area (Å²) in [7, 11) is 3.83. The summed E-state index contributed by atoms with van der Waals surface area (Å²) >= 11 is 0. The Balaban J connectivity index is 1.45. The molecule has 0 radical (unpaired) electrons. The molecule has 9 heteroatoms. The van der Waals surface area contributed by atoms with Gasteiger partial charge in [-0.3, -0.25) is 0 Å². The number of imidazole rings is 1. The van der Waals surface area contributed by atoms with E-state index in [1.807, 2.05) is 90.6 Å². The number of para-hydroxylation sites is 1. The van der Waals surface area contributed by atoms with Crippen LogP contribution in [-0.2, 0) is 6.54 Å². The number of aliphatic hydroxyl groups is 1. The highest BCUT2D eigenvalue weighted by Gasteiger charge is 2.10.